The number of hydrogen-bond donors (Lipinski definition) is 1. The monoisotopic (exact) mass is 349 g/mol. The molecule has 3 aromatic rings. The van der Waals surface area contributed by atoms with Gasteiger partial charge < -0.3 is 14.5 Å². The maximum Gasteiger partial charge on any atom is 0.193 e. The van der Waals surface area contributed by atoms with E-state index in [1.807, 2.05) is 55.6 Å². The molecule has 4 rings (SSSR count). The fourth-order valence-electron chi connectivity index (χ4n) is 3.27. The van der Waals surface area contributed by atoms with E-state index in [1.165, 1.54) is 12.8 Å². The highest BCUT2D eigenvalue weighted by molar-refractivity contribution is 5.80. The van der Waals surface area contributed by atoms with E-state index in [-0.39, 0.29) is 11.5 Å². The van der Waals surface area contributed by atoms with Gasteiger partial charge in [-0.2, -0.15) is 0 Å². The second-order valence-electron chi connectivity index (χ2n) is 6.88. The number of fused-ring (bicyclic) bond motifs is 1. The average Bonchev–Trinajstić information content (AvgIpc) is 3.51. The molecule has 26 heavy (non-hydrogen) atoms. The molecule has 1 aliphatic rings. The fraction of sp³-hybridized carbons (Fsp3) is 0.318. The van der Waals surface area contributed by atoms with Crippen LogP contribution in [0.3, 0.4) is 0 Å². The Kier molecular flexibility index (Phi) is 4.76. The molecule has 1 N–H and O–H groups in total. The second-order valence-corrected chi connectivity index (χ2v) is 6.88. The summed E-state index contributed by atoms with van der Waals surface area (Å²) in [5.41, 5.74) is 1.43. The maximum atomic E-state index is 12.6. The van der Waals surface area contributed by atoms with Crippen molar-refractivity contribution < 1.29 is 9.15 Å². The summed E-state index contributed by atoms with van der Waals surface area (Å²) in [6.07, 6.45) is 3.63. The molecule has 1 aliphatic carbocycles. The smallest absolute Gasteiger partial charge is 0.193 e. The minimum Gasteiger partial charge on any atom is -0.490 e. The molecule has 1 fully saturated rings. The summed E-state index contributed by atoms with van der Waals surface area (Å²) < 4.78 is 12.1. The van der Waals surface area contributed by atoms with Crippen LogP contribution in [0.2, 0.25) is 0 Å². The normalized spacial score (nSPS) is 15.1. The fourth-order valence-corrected chi connectivity index (χ4v) is 3.27. The molecule has 4 heteroatoms. The highest BCUT2D eigenvalue weighted by Crippen LogP contribution is 2.36. The van der Waals surface area contributed by atoms with E-state index < -0.39 is 0 Å². The van der Waals surface area contributed by atoms with Crippen LogP contribution in [0.4, 0.5) is 0 Å². The van der Waals surface area contributed by atoms with E-state index in [4.69, 9.17) is 9.15 Å². The van der Waals surface area contributed by atoms with Crippen molar-refractivity contribution in [3.63, 3.8) is 0 Å². The molecule has 0 spiro atoms. The average molecular weight is 349 g/mol. The third-order valence-corrected chi connectivity index (χ3v) is 4.87. The Hall–Kier alpha value is -2.59. The lowest BCUT2D eigenvalue weighted by atomic mass is 10.1. The molecule has 1 heterocycles. The predicted molar refractivity (Wildman–Crippen MR) is 104 cm³/mol. The van der Waals surface area contributed by atoms with Crippen LogP contribution in [0.5, 0.6) is 5.75 Å². The van der Waals surface area contributed by atoms with Crippen molar-refractivity contribution in [3.8, 4) is 17.1 Å². The molecule has 134 valence electrons. The first-order valence-electron chi connectivity index (χ1n) is 9.19. The van der Waals surface area contributed by atoms with Gasteiger partial charge >= 0.3 is 0 Å². The first-order valence-corrected chi connectivity index (χ1v) is 9.19. The van der Waals surface area contributed by atoms with Gasteiger partial charge in [0.25, 0.3) is 0 Å². The highest BCUT2D eigenvalue weighted by Gasteiger charge is 2.32. The van der Waals surface area contributed by atoms with Crippen LogP contribution >= 0.6 is 0 Å². The van der Waals surface area contributed by atoms with Gasteiger partial charge in [-0.1, -0.05) is 30.3 Å². The summed E-state index contributed by atoms with van der Waals surface area (Å²) in [5.74, 6) is 1.96. The summed E-state index contributed by atoms with van der Waals surface area (Å²) in [4.78, 5) is 12.6. The number of benzene rings is 2. The van der Waals surface area contributed by atoms with Crippen molar-refractivity contribution in [1.82, 2.24) is 5.32 Å². The zero-order valence-corrected chi connectivity index (χ0v) is 14.9. The van der Waals surface area contributed by atoms with Crippen molar-refractivity contribution in [2.75, 3.05) is 13.6 Å². The number of rotatable bonds is 7. The Morgan fingerprint density at radius 1 is 1.15 bits per heavy atom. The number of hydrogen-bond acceptors (Lipinski definition) is 4. The van der Waals surface area contributed by atoms with E-state index in [1.54, 1.807) is 6.07 Å². The lowest BCUT2D eigenvalue weighted by Gasteiger charge is -2.19. The van der Waals surface area contributed by atoms with E-state index in [0.29, 0.717) is 22.6 Å². The van der Waals surface area contributed by atoms with Gasteiger partial charge in [0.15, 0.2) is 5.43 Å². The Bertz CT molecular complexity index is 945. The lowest BCUT2D eigenvalue weighted by molar-refractivity contribution is 0.168. The van der Waals surface area contributed by atoms with Crippen molar-refractivity contribution in [3.05, 3.63) is 64.8 Å². The molecule has 0 amide bonds. The zero-order chi connectivity index (χ0) is 17.9. The molecule has 1 atom stereocenters. The largest absolute Gasteiger partial charge is 0.490 e. The topological polar surface area (TPSA) is 51.5 Å². The minimum atomic E-state index is -0.0475. The molecular weight excluding hydrogens is 326 g/mol. The van der Waals surface area contributed by atoms with Gasteiger partial charge in [0.1, 0.15) is 23.2 Å². The Labute approximate surface area is 152 Å². The second kappa shape index (κ2) is 7.34. The summed E-state index contributed by atoms with van der Waals surface area (Å²) in [7, 11) is 1.95. The Balaban J connectivity index is 1.63. The summed E-state index contributed by atoms with van der Waals surface area (Å²) in [6.45, 7) is 0.928. The molecule has 0 aliphatic heterocycles. The van der Waals surface area contributed by atoms with Gasteiger partial charge in [0.2, 0.25) is 0 Å². The molecule has 0 bridgehead atoms. The third kappa shape index (κ3) is 3.65. The van der Waals surface area contributed by atoms with Crippen molar-refractivity contribution in [2.45, 2.75) is 25.4 Å². The quantitative estimate of drug-likeness (QED) is 0.694. The summed E-state index contributed by atoms with van der Waals surface area (Å²) in [5, 5.41) is 3.74. The zero-order valence-electron chi connectivity index (χ0n) is 14.9. The lowest BCUT2D eigenvalue weighted by Crippen LogP contribution is -2.24. The van der Waals surface area contributed by atoms with Crippen LogP contribution in [0.15, 0.2) is 63.8 Å². The van der Waals surface area contributed by atoms with Crippen LogP contribution in [-0.2, 0) is 0 Å². The standard InChI is InChI=1S/C22H23NO3/c1-23-12-11-20(16-7-8-16)25-17-9-10-21-18(13-17)19(24)14-22(26-21)15-5-3-2-4-6-15/h2-6,9-10,13-14,16,20,23H,7-8,11-12H2,1H3. The van der Waals surface area contributed by atoms with Crippen LogP contribution in [0.25, 0.3) is 22.3 Å². The van der Waals surface area contributed by atoms with Crippen LogP contribution in [-0.4, -0.2) is 19.7 Å². The van der Waals surface area contributed by atoms with Crippen molar-refractivity contribution in [1.29, 1.82) is 0 Å². The van der Waals surface area contributed by atoms with Crippen molar-refractivity contribution in [2.24, 2.45) is 5.92 Å². The van der Waals surface area contributed by atoms with Crippen LogP contribution in [0.1, 0.15) is 19.3 Å². The molecule has 1 aromatic heterocycles. The third-order valence-electron chi connectivity index (χ3n) is 4.87. The van der Waals surface area contributed by atoms with Gasteiger partial charge in [-0.25, -0.2) is 0 Å². The van der Waals surface area contributed by atoms with Gasteiger partial charge in [0, 0.05) is 11.6 Å². The molecule has 4 nitrogen and oxygen atoms in total. The predicted octanol–water partition coefficient (Wildman–Crippen LogP) is 4.23. The molecule has 2 aromatic carbocycles. The van der Waals surface area contributed by atoms with Crippen LogP contribution < -0.4 is 15.5 Å². The molecule has 0 saturated heterocycles. The van der Waals surface area contributed by atoms with Gasteiger partial charge in [-0.15, -0.1) is 0 Å². The van der Waals surface area contributed by atoms with Gasteiger partial charge in [0.05, 0.1) is 5.39 Å². The molecule has 1 unspecified atom stereocenters. The minimum absolute atomic E-state index is 0.0475. The van der Waals surface area contributed by atoms with E-state index in [0.717, 1.165) is 24.3 Å². The highest BCUT2D eigenvalue weighted by atomic mass is 16.5. The SMILES string of the molecule is CNCCC(Oc1ccc2oc(-c3ccccc3)cc(=O)c2c1)C1CC1. The number of ether oxygens (including phenoxy) is 1. The van der Waals surface area contributed by atoms with E-state index in [9.17, 15) is 4.79 Å². The van der Waals surface area contributed by atoms with Gasteiger partial charge in [-0.3, -0.25) is 4.79 Å². The van der Waals surface area contributed by atoms with Crippen molar-refractivity contribution >= 4 is 11.0 Å². The Morgan fingerprint density at radius 3 is 2.69 bits per heavy atom. The summed E-state index contributed by atoms with van der Waals surface area (Å²) in [6, 6.07) is 16.8. The van der Waals surface area contributed by atoms with E-state index in [2.05, 4.69) is 5.32 Å². The molecule has 0 radical (unpaired) electrons. The summed E-state index contributed by atoms with van der Waals surface area (Å²) >= 11 is 0. The van der Waals surface area contributed by atoms with E-state index >= 15 is 0 Å². The Morgan fingerprint density at radius 2 is 1.96 bits per heavy atom. The first kappa shape index (κ1) is 16.9. The molecular formula is C22H23NO3. The number of nitrogens with one attached hydrogen (secondary N) is 1. The van der Waals surface area contributed by atoms with Gasteiger partial charge in [-0.05, 0) is 57.0 Å². The van der Waals surface area contributed by atoms with Crippen LogP contribution in [0, 0.1) is 5.92 Å². The molecule has 1 saturated carbocycles. The maximum absolute atomic E-state index is 12.6. The first-order chi connectivity index (χ1) is 12.7.